The van der Waals surface area contributed by atoms with E-state index >= 15 is 0 Å². The van der Waals surface area contributed by atoms with Gasteiger partial charge in [0.15, 0.2) is 0 Å². The fourth-order valence-corrected chi connectivity index (χ4v) is 5.62. The molecule has 0 saturated heterocycles. The van der Waals surface area contributed by atoms with Crippen molar-refractivity contribution >= 4 is 14.7 Å². The molecule has 2 heteroatoms. The summed E-state index contributed by atoms with van der Waals surface area (Å²) in [5, 5.41) is 12.2. The van der Waals surface area contributed by atoms with Gasteiger partial charge in [-0.15, -0.1) is 0 Å². The Morgan fingerprint density at radius 1 is 1.18 bits per heavy atom. The van der Waals surface area contributed by atoms with Crippen molar-refractivity contribution in [1.82, 2.24) is 0 Å². The molecule has 0 bridgehead atoms. The first-order chi connectivity index (χ1) is 8.22. The molecule has 1 rings (SSSR count). The Kier molecular flexibility index (Phi) is 7.64. The van der Waals surface area contributed by atoms with Crippen molar-refractivity contribution in [1.29, 1.82) is 0 Å². The van der Waals surface area contributed by atoms with Crippen LogP contribution in [-0.4, -0.2) is 25.9 Å². The van der Waals surface area contributed by atoms with Gasteiger partial charge in [-0.1, -0.05) is 0 Å². The molecule has 0 aliphatic rings. The van der Waals surface area contributed by atoms with Crippen LogP contribution < -0.4 is 0 Å². The van der Waals surface area contributed by atoms with Gasteiger partial charge in [0.2, 0.25) is 0 Å². The Labute approximate surface area is 111 Å². The van der Waals surface area contributed by atoms with Gasteiger partial charge < -0.3 is 0 Å². The fraction of sp³-hybridized carbons (Fsp3) is 0.600. The molecule has 0 aromatic heterocycles. The Balaban J connectivity index is 2.11. The number of hydrogen-bond acceptors (Lipinski definition) is 1. The number of aliphatic hydroxyl groups excluding tert-OH is 1. The maximum atomic E-state index is 9.47. The van der Waals surface area contributed by atoms with Gasteiger partial charge in [-0.25, -0.2) is 0 Å². The first-order valence-electron chi connectivity index (χ1n) is 6.63. The molecule has 1 aromatic carbocycles. The van der Waals surface area contributed by atoms with Crippen LogP contribution in [0.1, 0.15) is 38.2 Å². The van der Waals surface area contributed by atoms with Gasteiger partial charge >= 0.3 is 110 Å². The number of hydrogen-bond donors (Lipinski definition) is 1. The van der Waals surface area contributed by atoms with Crippen molar-refractivity contribution in [2.45, 2.75) is 54.8 Å². The van der Waals surface area contributed by atoms with Crippen molar-refractivity contribution in [2.75, 3.05) is 0 Å². The van der Waals surface area contributed by atoms with Gasteiger partial charge in [0, 0.05) is 0 Å². The van der Waals surface area contributed by atoms with E-state index in [9.17, 15) is 5.11 Å². The zero-order valence-electron chi connectivity index (χ0n) is 11.1. The van der Waals surface area contributed by atoms with E-state index in [0.717, 1.165) is 12.8 Å². The molecule has 0 amide bonds. The van der Waals surface area contributed by atoms with Crippen LogP contribution in [0.15, 0.2) is 30.3 Å². The topological polar surface area (TPSA) is 20.2 Å². The van der Waals surface area contributed by atoms with Crippen LogP contribution in [-0.2, 0) is 5.21 Å². The van der Waals surface area contributed by atoms with E-state index in [2.05, 4.69) is 43.0 Å². The van der Waals surface area contributed by atoms with Crippen molar-refractivity contribution in [3.05, 3.63) is 35.9 Å². The maximum absolute atomic E-state index is 9.47. The minimum absolute atomic E-state index is 0.0677. The quantitative estimate of drug-likeness (QED) is 0.571. The normalized spacial score (nSPS) is 14.5. The Morgan fingerprint density at radius 3 is 2.53 bits per heavy atom. The summed E-state index contributed by atoms with van der Waals surface area (Å²) in [5.74, 6) is 0. The van der Waals surface area contributed by atoms with Gasteiger partial charge in [0.1, 0.15) is 0 Å². The molecule has 0 saturated carbocycles. The van der Waals surface area contributed by atoms with E-state index < -0.39 is 14.7 Å². The zero-order valence-corrected chi connectivity index (χ0v) is 13.0. The van der Waals surface area contributed by atoms with Gasteiger partial charge in [0.25, 0.3) is 0 Å². The Morgan fingerprint density at radius 2 is 1.88 bits per heavy atom. The Bertz CT molecular complexity index is 286. The second-order valence-corrected chi connectivity index (χ2v) is 9.98. The van der Waals surface area contributed by atoms with Crippen LogP contribution in [0.4, 0.5) is 0 Å². The third-order valence-electron chi connectivity index (χ3n) is 3.09. The second kappa shape index (κ2) is 8.77. The number of benzene rings is 1. The summed E-state index contributed by atoms with van der Waals surface area (Å²) >= 11 is -0.649. The zero-order chi connectivity index (χ0) is 12.5. The van der Waals surface area contributed by atoms with Gasteiger partial charge in [-0.2, -0.15) is 0 Å². The van der Waals surface area contributed by atoms with E-state index in [4.69, 9.17) is 0 Å². The predicted molar refractivity (Wildman–Crippen MR) is 76.7 cm³/mol. The van der Waals surface area contributed by atoms with E-state index in [0.29, 0.717) is 0 Å². The molecule has 0 aliphatic heterocycles. The van der Waals surface area contributed by atoms with Crippen LogP contribution >= 0.6 is 0 Å². The molecule has 0 aliphatic carbocycles. The molecular formula is C15H25AsO. The first kappa shape index (κ1) is 14.8. The molecule has 1 nitrogen and oxygen atoms in total. The molecule has 0 radical (unpaired) electrons. The summed E-state index contributed by atoms with van der Waals surface area (Å²) in [6.45, 7) is 2.05. The number of unbranched alkanes of at least 4 members (excludes halogenated alkanes) is 1. The molecule has 2 unspecified atom stereocenters. The number of rotatable bonds is 8. The van der Waals surface area contributed by atoms with E-state index in [1.165, 1.54) is 28.8 Å². The molecule has 17 heavy (non-hydrogen) atoms. The molecule has 0 fully saturated rings. The van der Waals surface area contributed by atoms with Gasteiger partial charge in [-0.05, 0) is 0 Å². The minimum atomic E-state index is -0.649. The summed E-state index contributed by atoms with van der Waals surface area (Å²) in [4.78, 5) is 0. The Hall–Kier alpha value is -0.262. The predicted octanol–water partition coefficient (Wildman–Crippen LogP) is 3.83. The third-order valence-corrected chi connectivity index (χ3v) is 7.26. The van der Waals surface area contributed by atoms with Gasteiger partial charge in [-0.3, -0.25) is 0 Å². The van der Waals surface area contributed by atoms with E-state index in [1.807, 2.05) is 0 Å². The van der Waals surface area contributed by atoms with E-state index in [1.54, 1.807) is 0 Å². The summed E-state index contributed by atoms with van der Waals surface area (Å²) in [6, 6.07) is 10.8. The van der Waals surface area contributed by atoms with Crippen molar-refractivity contribution in [3.8, 4) is 0 Å². The summed E-state index contributed by atoms with van der Waals surface area (Å²) < 4.78 is 0. The number of aliphatic hydroxyl groups is 1. The molecule has 1 N–H and O–H groups in total. The van der Waals surface area contributed by atoms with Crippen LogP contribution in [0.5, 0.6) is 0 Å². The molecule has 96 valence electrons. The molecule has 1 aromatic rings. The molecule has 0 spiro atoms. The summed E-state index contributed by atoms with van der Waals surface area (Å²) in [6.07, 6.45) is 4.33. The summed E-state index contributed by atoms with van der Waals surface area (Å²) in [7, 11) is 0. The molecular weight excluding hydrogens is 271 g/mol. The summed E-state index contributed by atoms with van der Waals surface area (Å²) in [5.41, 5.74) is 3.97. The first-order valence-corrected chi connectivity index (χ1v) is 11.2. The molecule has 2 atom stereocenters. The van der Waals surface area contributed by atoms with Gasteiger partial charge in [0.05, 0.1) is 0 Å². The third kappa shape index (κ3) is 6.91. The fourth-order valence-electron chi connectivity index (χ4n) is 1.94. The SMILES string of the molecule is CCC(O)CCCC[As](C)Cc1ccccc1. The van der Waals surface area contributed by atoms with Crippen molar-refractivity contribution in [2.24, 2.45) is 0 Å². The monoisotopic (exact) mass is 296 g/mol. The average molecular weight is 296 g/mol. The van der Waals surface area contributed by atoms with Crippen LogP contribution in [0, 0.1) is 0 Å². The molecule has 0 heterocycles. The van der Waals surface area contributed by atoms with Crippen LogP contribution in [0.25, 0.3) is 0 Å². The second-order valence-electron chi connectivity index (χ2n) is 4.78. The standard InChI is InChI=1S/C15H25AsO/c1-3-15(17)11-7-8-12-16(2)13-14-9-5-4-6-10-14/h4-6,9-10,15,17H,3,7-8,11-13H2,1-2H3. The van der Waals surface area contributed by atoms with E-state index in [-0.39, 0.29) is 6.10 Å². The van der Waals surface area contributed by atoms with Crippen molar-refractivity contribution in [3.63, 3.8) is 0 Å². The van der Waals surface area contributed by atoms with Crippen molar-refractivity contribution < 1.29 is 5.11 Å². The van der Waals surface area contributed by atoms with Crippen LogP contribution in [0.2, 0.25) is 10.9 Å². The average Bonchev–Trinajstić information content (AvgIpc) is 2.35. The van der Waals surface area contributed by atoms with Crippen LogP contribution in [0.3, 0.4) is 0 Å².